The smallest absolute Gasteiger partial charge is 0.370 e. The maximum Gasteiger partial charge on any atom is 0.416 e. The molecule has 0 saturated carbocycles. The Bertz CT molecular complexity index is 843. The van der Waals surface area contributed by atoms with Crippen LogP contribution >= 0.6 is 0 Å². The first kappa shape index (κ1) is 18.4. The van der Waals surface area contributed by atoms with Gasteiger partial charge in [0.1, 0.15) is 6.54 Å². The van der Waals surface area contributed by atoms with E-state index < -0.39 is 11.7 Å². The zero-order chi connectivity index (χ0) is 18.4. The maximum absolute atomic E-state index is 12.6. The number of guanidine groups is 1. The summed E-state index contributed by atoms with van der Waals surface area (Å²) in [6.45, 7) is 4.09. The average Bonchev–Trinajstić information content (AvgIpc) is 2.55. The van der Waals surface area contributed by atoms with E-state index in [9.17, 15) is 13.2 Å². The standard InChI is InChI=1S/C19H18F3N3/c1-13-8-9-17(11-14(13)2)25-18(23)24-10-4-6-15-5-3-7-16(12-15)19(20,21)22/h3,5,7-9,11-12H,10H2,1-2H3,(H3,23,24,25). The van der Waals surface area contributed by atoms with Crippen molar-refractivity contribution in [3.63, 3.8) is 0 Å². The van der Waals surface area contributed by atoms with Crippen LogP contribution in [-0.4, -0.2) is 12.5 Å². The maximum atomic E-state index is 12.6. The molecule has 0 saturated heterocycles. The summed E-state index contributed by atoms with van der Waals surface area (Å²) in [5.41, 5.74) is 8.45. The molecule has 0 bridgehead atoms. The van der Waals surface area contributed by atoms with Gasteiger partial charge in [0.05, 0.1) is 5.56 Å². The van der Waals surface area contributed by atoms with Crippen LogP contribution in [0.2, 0.25) is 0 Å². The van der Waals surface area contributed by atoms with E-state index >= 15 is 0 Å². The topological polar surface area (TPSA) is 50.4 Å². The van der Waals surface area contributed by atoms with E-state index in [1.807, 2.05) is 32.0 Å². The molecule has 0 aromatic heterocycles. The first-order valence-corrected chi connectivity index (χ1v) is 7.56. The third-order valence-electron chi connectivity index (χ3n) is 3.53. The highest BCUT2D eigenvalue weighted by atomic mass is 19.4. The second-order valence-electron chi connectivity index (χ2n) is 5.51. The number of benzene rings is 2. The Kier molecular flexibility index (Phi) is 5.71. The Labute approximate surface area is 144 Å². The van der Waals surface area contributed by atoms with Crippen LogP contribution in [0.5, 0.6) is 0 Å². The summed E-state index contributed by atoms with van der Waals surface area (Å²) >= 11 is 0. The van der Waals surface area contributed by atoms with Crippen molar-refractivity contribution in [2.45, 2.75) is 20.0 Å². The molecular formula is C19H18F3N3. The minimum Gasteiger partial charge on any atom is -0.370 e. The molecule has 0 radical (unpaired) electrons. The van der Waals surface area contributed by atoms with E-state index in [0.717, 1.165) is 23.4 Å². The Balaban J connectivity index is 1.99. The molecule has 2 aromatic rings. The van der Waals surface area contributed by atoms with Gasteiger partial charge in [-0.1, -0.05) is 24.0 Å². The van der Waals surface area contributed by atoms with Gasteiger partial charge in [0.2, 0.25) is 0 Å². The van der Waals surface area contributed by atoms with Crippen LogP contribution < -0.4 is 11.1 Å². The first-order chi connectivity index (χ1) is 11.8. The number of halogens is 3. The van der Waals surface area contributed by atoms with Gasteiger partial charge in [0.25, 0.3) is 0 Å². The average molecular weight is 345 g/mol. The third-order valence-corrected chi connectivity index (χ3v) is 3.53. The van der Waals surface area contributed by atoms with Crippen LogP contribution in [0.25, 0.3) is 0 Å². The summed E-state index contributed by atoms with van der Waals surface area (Å²) < 4.78 is 37.9. The molecule has 0 amide bonds. The molecule has 0 unspecified atom stereocenters. The molecule has 3 N–H and O–H groups in total. The number of anilines is 1. The molecule has 130 valence electrons. The van der Waals surface area contributed by atoms with Crippen LogP contribution in [0.4, 0.5) is 18.9 Å². The van der Waals surface area contributed by atoms with Crippen molar-refractivity contribution in [1.29, 1.82) is 0 Å². The zero-order valence-corrected chi connectivity index (χ0v) is 13.9. The molecule has 2 aromatic carbocycles. The van der Waals surface area contributed by atoms with Crippen molar-refractivity contribution in [3.05, 3.63) is 64.7 Å². The fourth-order valence-corrected chi connectivity index (χ4v) is 2.05. The number of aryl methyl sites for hydroxylation is 2. The predicted molar refractivity (Wildman–Crippen MR) is 94.4 cm³/mol. The second-order valence-corrected chi connectivity index (χ2v) is 5.51. The summed E-state index contributed by atoms with van der Waals surface area (Å²) in [6, 6.07) is 10.7. The van der Waals surface area contributed by atoms with Gasteiger partial charge in [-0.3, -0.25) is 0 Å². The summed E-state index contributed by atoms with van der Waals surface area (Å²) in [4.78, 5) is 4.05. The van der Waals surface area contributed by atoms with E-state index in [4.69, 9.17) is 5.73 Å². The van der Waals surface area contributed by atoms with Crippen molar-refractivity contribution in [3.8, 4) is 11.8 Å². The highest BCUT2D eigenvalue weighted by Gasteiger charge is 2.30. The fraction of sp³-hybridized carbons (Fsp3) is 0.211. The predicted octanol–water partition coefficient (Wildman–Crippen LogP) is 4.10. The number of alkyl halides is 3. The van der Waals surface area contributed by atoms with Crippen LogP contribution in [-0.2, 0) is 6.18 Å². The highest BCUT2D eigenvalue weighted by molar-refractivity contribution is 5.92. The molecule has 0 aliphatic carbocycles. The zero-order valence-electron chi connectivity index (χ0n) is 13.9. The van der Waals surface area contributed by atoms with Crippen LogP contribution in [0, 0.1) is 25.7 Å². The third kappa shape index (κ3) is 5.57. The monoisotopic (exact) mass is 345 g/mol. The largest absolute Gasteiger partial charge is 0.416 e. The van der Waals surface area contributed by atoms with Gasteiger partial charge in [-0.05, 0) is 55.3 Å². The Hall–Kier alpha value is -2.94. The molecule has 25 heavy (non-hydrogen) atoms. The second kappa shape index (κ2) is 7.75. The van der Waals surface area contributed by atoms with Gasteiger partial charge in [0.15, 0.2) is 5.96 Å². The lowest BCUT2D eigenvalue weighted by molar-refractivity contribution is -0.137. The van der Waals surface area contributed by atoms with Gasteiger partial charge in [-0.25, -0.2) is 4.99 Å². The summed E-state index contributed by atoms with van der Waals surface area (Å²) in [7, 11) is 0. The lowest BCUT2D eigenvalue weighted by Crippen LogP contribution is -2.22. The van der Waals surface area contributed by atoms with E-state index in [1.165, 1.54) is 17.7 Å². The molecule has 3 nitrogen and oxygen atoms in total. The minimum atomic E-state index is -4.38. The molecule has 6 heteroatoms. The number of rotatable bonds is 2. The molecule has 0 fully saturated rings. The fourth-order valence-electron chi connectivity index (χ4n) is 2.05. The van der Waals surface area contributed by atoms with Crippen LogP contribution in [0.1, 0.15) is 22.3 Å². The van der Waals surface area contributed by atoms with Gasteiger partial charge < -0.3 is 11.1 Å². The van der Waals surface area contributed by atoms with E-state index in [-0.39, 0.29) is 18.1 Å². The highest BCUT2D eigenvalue weighted by Crippen LogP contribution is 2.29. The van der Waals surface area contributed by atoms with Crippen molar-refractivity contribution < 1.29 is 13.2 Å². The van der Waals surface area contributed by atoms with Gasteiger partial charge in [-0.15, -0.1) is 0 Å². The van der Waals surface area contributed by atoms with Crippen molar-refractivity contribution >= 4 is 11.6 Å². The van der Waals surface area contributed by atoms with Crippen molar-refractivity contribution in [2.24, 2.45) is 10.7 Å². The first-order valence-electron chi connectivity index (χ1n) is 7.56. The van der Waals surface area contributed by atoms with Crippen LogP contribution in [0.3, 0.4) is 0 Å². The quantitative estimate of drug-likeness (QED) is 0.489. The van der Waals surface area contributed by atoms with E-state index in [2.05, 4.69) is 22.2 Å². The number of aliphatic imine (C=N–C) groups is 1. The minimum absolute atomic E-state index is 0.0833. The van der Waals surface area contributed by atoms with Crippen molar-refractivity contribution in [2.75, 3.05) is 11.9 Å². The van der Waals surface area contributed by atoms with Crippen LogP contribution in [0.15, 0.2) is 47.5 Å². The number of nitrogens with one attached hydrogen (secondary N) is 1. The molecule has 0 spiro atoms. The Morgan fingerprint density at radius 3 is 2.56 bits per heavy atom. The lowest BCUT2D eigenvalue weighted by Gasteiger charge is -2.07. The number of hydrogen-bond acceptors (Lipinski definition) is 1. The Morgan fingerprint density at radius 2 is 1.88 bits per heavy atom. The molecule has 2 rings (SSSR count). The molecular weight excluding hydrogens is 327 g/mol. The SMILES string of the molecule is Cc1ccc(NC(N)=NCC#Cc2cccc(C(F)(F)F)c2)cc1C. The number of nitrogens with two attached hydrogens (primary N) is 1. The molecule has 0 heterocycles. The molecule has 0 aliphatic rings. The number of hydrogen-bond donors (Lipinski definition) is 2. The summed E-state index contributed by atoms with van der Waals surface area (Å²) in [5, 5.41) is 2.95. The Morgan fingerprint density at radius 1 is 1.12 bits per heavy atom. The van der Waals surface area contributed by atoms with E-state index in [0.29, 0.717) is 0 Å². The number of nitrogens with zero attached hydrogens (tertiary/aromatic N) is 1. The van der Waals surface area contributed by atoms with Crippen molar-refractivity contribution in [1.82, 2.24) is 0 Å². The lowest BCUT2D eigenvalue weighted by atomic mass is 10.1. The van der Waals surface area contributed by atoms with Gasteiger partial charge in [-0.2, -0.15) is 13.2 Å². The molecule has 0 aliphatic heterocycles. The van der Waals surface area contributed by atoms with Gasteiger partial charge in [0, 0.05) is 11.3 Å². The van der Waals surface area contributed by atoms with E-state index in [1.54, 1.807) is 0 Å². The van der Waals surface area contributed by atoms with Gasteiger partial charge >= 0.3 is 6.18 Å². The molecule has 0 atom stereocenters. The summed E-state index contributed by atoms with van der Waals surface area (Å²) in [6.07, 6.45) is -4.38. The summed E-state index contributed by atoms with van der Waals surface area (Å²) in [5.74, 6) is 5.54. The normalized spacial score (nSPS) is 11.6.